The first kappa shape index (κ1) is 18.4. The Morgan fingerprint density at radius 2 is 1.92 bits per heavy atom. The molecule has 0 aromatic heterocycles. The SMILES string of the molecule is COc1ccc(S(=O)(=O)NC[C@H](OC)c2cccc(F)c2)c(C)c1. The monoisotopic (exact) mass is 353 g/mol. The quantitative estimate of drug-likeness (QED) is 0.831. The summed E-state index contributed by atoms with van der Waals surface area (Å²) in [6.45, 7) is 1.69. The lowest BCUT2D eigenvalue weighted by molar-refractivity contribution is 0.107. The molecular formula is C17H20FNO4S. The third-order valence-corrected chi connectivity index (χ3v) is 5.22. The van der Waals surface area contributed by atoms with Crippen molar-refractivity contribution < 1.29 is 22.3 Å². The van der Waals surface area contributed by atoms with Crippen LogP contribution < -0.4 is 9.46 Å². The highest BCUT2D eigenvalue weighted by molar-refractivity contribution is 7.89. The summed E-state index contributed by atoms with van der Waals surface area (Å²) in [5.74, 6) is 0.185. The zero-order chi connectivity index (χ0) is 17.7. The smallest absolute Gasteiger partial charge is 0.240 e. The highest BCUT2D eigenvalue weighted by atomic mass is 32.2. The number of benzene rings is 2. The van der Waals surface area contributed by atoms with Gasteiger partial charge in [0.25, 0.3) is 0 Å². The Morgan fingerprint density at radius 1 is 1.17 bits per heavy atom. The van der Waals surface area contributed by atoms with E-state index in [-0.39, 0.29) is 11.4 Å². The van der Waals surface area contributed by atoms with Crippen molar-refractivity contribution in [1.29, 1.82) is 0 Å². The van der Waals surface area contributed by atoms with E-state index < -0.39 is 21.9 Å². The van der Waals surface area contributed by atoms with Crippen molar-refractivity contribution in [1.82, 2.24) is 4.72 Å². The molecule has 2 rings (SSSR count). The van der Waals surface area contributed by atoms with Gasteiger partial charge in [0.15, 0.2) is 0 Å². The lowest BCUT2D eigenvalue weighted by Crippen LogP contribution is -2.29. The summed E-state index contributed by atoms with van der Waals surface area (Å²) in [4.78, 5) is 0.164. The van der Waals surface area contributed by atoms with Crippen LogP contribution in [0, 0.1) is 12.7 Å². The molecule has 2 aromatic rings. The molecule has 0 spiro atoms. The fourth-order valence-corrected chi connectivity index (χ4v) is 3.61. The van der Waals surface area contributed by atoms with Crippen LogP contribution in [-0.2, 0) is 14.8 Å². The van der Waals surface area contributed by atoms with Crippen LogP contribution in [0.4, 0.5) is 4.39 Å². The molecule has 1 atom stereocenters. The molecule has 0 unspecified atom stereocenters. The van der Waals surface area contributed by atoms with Gasteiger partial charge in [0.1, 0.15) is 11.6 Å². The molecule has 0 saturated heterocycles. The van der Waals surface area contributed by atoms with Crippen molar-refractivity contribution in [3.05, 3.63) is 59.4 Å². The van der Waals surface area contributed by atoms with Crippen molar-refractivity contribution in [3.8, 4) is 5.75 Å². The third kappa shape index (κ3) is 4.31. The zero-order valence-corrected chi connectivity index (χ0v) is 14.6. The first-order valence-corrected chi connectivity index (χ1v) is 8.78. The Morgan fingerprint density at radius 3 is 2.50 bits per heavy atom. The molecule has 0 aliphatic heterocycles. The summed E-state index contributed by atoms with van der Waals surface area (Å²) < 4.78 is 51.2. The topological polar surface area (TPSA) is 64.6 Å². The van der Waals surface area contributed by atoms with Crippen molar-refractivity contribution >= 4 is 10.0 Å². The lowest BCUT2D eigenvalue weighted by Gasteiger charge is -2.17. The molecule has 0 bridgehead atoms. The van der Waals surface area contributed by atoms with E-state index >= 15 is 0 Å². The molecule has 0 saturated carbocycles. The van der Waals surface area contributed by atoms with Gasteiger partial charge in [0.2, 0.25) is 10.0 Å². The lowest BCUT2D eigenvalue weighted by atomic mass is 10.1. The van der Waals surface area contributed by atoms with Crippen LogP contribution >= 0.6 is 0 Å². The molecular weight excluding hydrogens is 333 g/mol. The first-order valence-electron chi connectivity index (χ1n) is 7.30. The van der Waals surface area contributed by atoms with Crippen LogP contribution in [0.25, 0.3) is 0 Å². The summed E-state index contributed by atoms with van der Waals surface area (Å²) in [5.41, 5.74) is 1.13. The number of hydrogen-bond acceptors (Lipinski definition) is 4. The van der Waals surface area contributed by atoms with Gasteiger partial charge in [-0.05, 0) is 48.4 Å². The molecule has 0 aliphatic carbocycles. The number of methoxy groups -OCH3 is 2. The van der Waals surface area contributed by atoms with Crippen LogP contribution in [0.2, 0.25) is 0 Å². The van der Waals surface area contributed by atoms with Crippen LogP contribution in [-0.4, -0.2) is 29.2 Å². The second-order valence-electron chi connectivity index (χ2n) is 5.26. The van der Waals surface area contributed by atoms with Gasteiger partial charge >= 0.3 is 0 Å². The summed E-state index contributed by atoms with van der Waals surface area (Å²) in [6.07, 6.45) is -0.589. The maximum Gasteiger partial charge on any atom is 0.240 e. The third-order valence-electron chi connectivity index (χ3n) is 3.64. The highest BCUT2D eigenvalue weighted by Crippen LogP contribution is 2.22. The van der Waals surface area contributed by atoms with Gasteiger partial charge in [-0.15, -0.1) is 0 Å². The number of sulfonamides is 1. The molecule has 0 heterocycles. The predicted molar refractivity (Wildman–Crippen MR) is 89.1 cm³/mol. The molecule has 1 N–H and O–H groups in total. The van der Waals surface area contributed by atoms with E-state index in [0.29, 0.717) is 16.9 Å². The number of ether oxygens (including phenoxy) is 2. The van der Waals surface area contributed by atoms with E-state index in [4.69, 9.17) is 9.47 Å². The normalized spacial score (nSPS) is 12.8. The van der Waals surface area contributed by atoms with E-state index in [1.54, 1.807) is 31.2 Å². The second kappa shape index (κ2) is 7.74. The summed E-state index contributed by atoms with van der Waals surface area (Å²) >= 11 is 0. The molecule has 7 heteroatoms. The predicted octanol–water partition coefficient (Wildman–Crippen LogP) is 2.81. The molecule has 0 amide bonds. The van der Waals surface area contributed by atoms with E-state index in [1.807, 2.05) is 0 Å². The molecule has 0 fully saturated rings. The van der Waals surface area contributed by atoms with E-state index in [9.17, 15) is 12.8 Å². The number of rotatable bonds is 7. The highest BCUT2D eigenvalue weighted by Gasteiger charge is 2.20. The minimum Gasteiger partial charge on any atom is -0.497 e. The Kier molecular flexibility index (Phi) is 5.93. The molecule has 0 radical (unpaired) electrons. The van der Waals surface area contributed by atoms with Gasteiger partial charge in [0, 0.05) is 13.7 Å². The van der Waals surface area contributed by atoms with Crippen LogP contribution in [0.5, 0.6) is 5.75 Å². The van der Waals surface area contributed by atoms with Gasteiger partial charge in [0.05, 0.1) is 18.1 Å². The minimum atomic E-state index is -3.72. The molecule has 130 valence electrons. The number of halogens is 1. The Balaban J connectivity index is 2.17. The molecule has 5 nitrogen and oxygen atoms in total. The zero-order valence-electron chi connectivity index (χ0n) is 13.7. The van der Waals surface area contributed by atoms with E-state index in [0.717, 1.165) is 0 Å². The van der Waals surface area contributed by atoms with Gasteiger partial charge in [-0.3, -0.25) is 0 Å². The second-order valence-corrected chi connectivity index (χ2v) is 7.00. The van der Waals surface area contributed by atoms with Crippen LogP contribution in [0.1, 0.15) is 17.2 Å². The fraction of sp³-hybridized carbons (Fsp3) is 0.294. The summed E-state index contributed by atoms with van der Waals surface area (Å²) in [6, 6.07) is 10.6. The van der Waals surface area contributed by atoms with Crippen molar-refractivity contribution in [3.63, 3.8) is 0 Å². The van der Waals surface area contributed by atoms with Gasteiger partial charge in [-0.1, -0.05) is 12.1 Å². The van der Waals surface area contributed by atoms with Gasteiger partial charge in [-0.2, -0.15) is 0 Å². The fourth-order valence-electron chi connectivity index (χ4n) is 2.36. The average molecular weight is 353 g/mol. The number of aryl methyl sites for hydroxylation is 1. The minimum absolute atomic E-state index is 0.00619. The van der Waals surface area contributed by atoms with Gasteiger partial charge < -0.3 is 9.47 Å². The Hall–Kier alpha value is -1.96. The Labute approximate surface area is 141 Å². The molecule has 2 aromatic carbocycles. The van der Waals surface area contributed by atoms with Gasteiger partial charge in [-0.25, -0.2) is 17.5 Å². The van der Waals surface area contributed by atoms with E-state index in [1.165, 1.54) is 32.4 Å². The van der Waals surface area contributed by atoms with Crippen LogP contribution in [0.3, 0.4) is 0 Å². The van der Waals surface area contributed by atoms with Crippen LogP contribution in [0.15, 0.2) is 47.4 Å². The molecule has 0 aliphatic rings. The standard InChI is InChI=1S/C17H20FNO4S/c1-12-9-15(22-2)7-8-17(12)24(20,21)19-11-16(23-3)13-5-4-6-14(18)10-13/h4-10,16,19H,11H2,1-3H3/t16-/m0/s1. The Bertz CT molecular complexity index is 808. The largest absolute Gasteiger partial charge is 0.497 e. The number of nitrogens with one attached hydrogen (secondary N) is 1. The average Bonchev–Trinajstić information content (AvgIpc) is 2.55. The maximum absolute atomic E-state index is 13.3. The molecule has 24 heavy (non-hydrogen) atoms. The number of hydrogen-bond donors (Lipinski definition) is 1. The first-order chi connectivity index (χ1) is 11.4. The summed E-state index contributed by atoms with van der Waals surface area (Å²) in [7, 11) is -0.754. The van der Waals surface area contributed by atoms with Crippen molar-refractivity contribution in [2.75, 3.05) is 20.8 Å². The van der Waals surface area contributed by atoms with E-state index in [2.05, 4.69) is 4.72 Å². The van der Waals surface area contributed by atoms with Crippen molar-refractivity contribution in [2.45, 2.75) is 17.9 Å². The summed E-state index contributed by atoms with van der Waals surface area (Å²) in [5, 5.41) is 0. The maximum atomic E-state index is 13.3. The van der Waals surface area contributed by atoms with Crippen molar-refractivity contribution in [2.24, 2.45) is 0 Å².